The van der Waals surface area contributed by atoms with Gasteiger partial charge in [-0.3, -0.25) is 4.79 Å². The lowest BCUT2D eigenvalue weighted by Gasteiger charge is -2.33. The van der Waals surface area contributed by atoms with Gasteiger partial charge < -0.3 is 4.90 Å². The molecule has 1 amide bonds. The third-order valence-corrected chi connectivity index (χ3v) is 6.09. The van der Waals surface area contributed by atoms with Crippen LogP contribution in [0.15, 0.2) is 34.5 Å². The smallest absolute Gasteiger partial charge is 0.254 e. The van der Waals surface area contributed by atoms with Crippen LogP contribution in [-0.2, 0) is 5.75 Å². The second-order valence-electron chi connectivity index (χ2n) is 6.01. The highest BCUT2D eigenvalue weighted by molar-refractivity contribution is 7.98. The van der Waals surface area contributed by atoms with Crippen LogP contribution in [0, 0.1) is 6.92 Å². The molecule has 5 heteroatoms. The molecule has 1 atom stereocenters. The van der Waals surface area contributed by atoms with E-state index in [9.17, 15) is 4.79 Å². The molecule has 1 aliphatic heterocycles. The summed E-state index contributed by atoms with van der Waals surface area (Å²) in [4.78, 5) is 20.3. The zero-order valence-corrected chi connectivity index (χ0v) is 15.3. The molecular formula is C18H22N2OS2. The molecule has 0 spiro atoms. The quantitative estimate of drug-likeness (QED) is 0.749. The Balaban J connectivity index is 1.61. The van der Waals surface area contributed by atoms with E-state index in [0.717, 1.165) is 41.4 Å². The third-order valence-electron chi connectivity index (χ3n) is 4.22. The fourth-order valence-electron chi connectivity index (χ4n) is 2.89. The van der Waals surface area contributed by atoms with Gasteiger partial charge in [0.1, 0.15) is 0 Å². The van der Waals surface area contributed by atoms with Crippen molar-refractivity contribution in [2.24, 2.45) is 0 Å². The number of rotatable bonds is 4. The monoisotopic (exact) mass is 346 g/mol. The fraction of sp³-hybridized carbons (Fsp3) is 0.444. The molecule has 1 aromatic heterocycles. The molecule has 1 fully saturated rings. The summed E-state index contributed by atoms with van der Waals surface area (Å²) < 4.78 is 0. The second kappa shape index (κ2) is 7.49. The third kappa shape index (κ3) is 4.15. The Hall–Kier alpha value is -1.33. The summed E-state index contributed by atoms with van der Waals surface area (Å²) in [5, 5.41) is 3.22. The Kier molecular flexibility index (Phi) is 5.38. The first kappa shape index (κ1) is 16.5. The van der Waals surface area contributed by atoms with Crippen molar-refractivity contribution in [1.29, 1.82) is 0 Å². The number of carbonyl (C=O) groups excluding carboxylic acids is 1. The highest BCUT2D eigenvalue weighted by Gasteiger charge is 2.23. The number of piperidine rings is 1. The van der Waals surface area contributed by atoms with Crippen molar-refractivity contribution in [3.8, 4) is 0 Å². The largest absolute Gasteiger partial charge is 0.336 e. The van der Waals surface area contributed by atoms with Gasteiger partial charge >= 0.3 is 0 Å². The number of likely N-dealkylation sites (tertiary alicyclic amines) is 1. The molecule has 2 aromatic rings. The fourth-order valence-corrected chi connectivity index (χ4v) is 4.40. The van der Waals surface area contributed by atoms with E-state index in [1.54, 1.807) is 23.1 Å². The van der Waals surface area contributed by atoms with Crippen molar-refractivity contribution in [2.75, 3.05) is 6.54 Å². The maximum Gasteiger partial charge on any atom is 0.254 e. The summed E-state index contributed by atoms with van der Waals surface area (Å²) in [5.41, 5.74) is 1.92. The predicted octanol–water partition coefficient (Wildman–Crippen LogP) is 4.76. The van der Waals surface area contributed by atoms with Crippen molar-refractivity contribution < 1.29 is 4.79 Å². The SMILES string of the molecule is Cc1nc(CSc2ccc(C(=O)N3CCCCC3C)cc2)cs1. The van der Waals surface area contributed by atoms with Crippen LogP contribution in [0.5, 0.6) is 0 Å². The molecule has 3 nitrogen and oxygen atoms in total. The lowest BCUT2D eigenvalue weighted by molar-refractivity contribution is 0.0635. The van der Waals surface area contributed by atoms with E-state index in [1.807, 2.05) is 36.1 Å². The maximum absolute atomic E-state index is 12.6. The molecular weight excluding hydrogens is 324 g/mol. The van der Waals surface area contributed by atoms with Crippen LogP contribution < -0.4 is 0 Å². The number of thiazole rings is 1. The van der Waals surface area contributed by atoms with Gasteiger partial charge in [-0.2, -0.15) is 0 Å². The van der Waals surface area contributed by atoms with Crippen molar-refractivity contribution >= 4 is 29.0 Å². The summed E-state index contributed by atoms with van der Waals surface area (Å²) in [7, 11) is 0. The van der Waals surface area contributed by atoms with Gasteiger partial charge in [0.2, 0.25) is 0 Å². The van der Waals surface area contributed by atoms with Gasteiger partial charge in [-0.05, 0) is 57.4 Å². The molecule has 1 aromatic carbocycles. The first-order chi connectivity index (χ1) is 11.1. The Bertz CT molecular complexity index is 666. The van der Waals surface area contributed by atoms with Crippen LogP contribution in [0.25, 0.3) is 0 Å². The van der Waals surface area contributed by atoms with Gasteiger partial charge in [0, 0.05) is 34.2 Å². The molecule has 122 valence electrons. The molecule has 3 rings (SSSR count). The van der Waals surface area contributed by atoms with Gasteiger partial charge in [-0.1, -0.05) is 0 Å². The Morgan fingerprint density at radius 3 is 2.78 bits per heavy atom. The van der Waals surface area contributed by atoms with Gasteiger partial charge in [0.25, 0.3) is 5.91 Å². The van der Waals surface area contributed by atoms with Crippen molar-refractivity contribution in [2.45, 2.75) is 49.8 Å². The van der Waals surface area contributed by atoms with Crippen LogP contribution in [0.4, 0.5) is 0 Å². The second-order valence-corrected chi connectivity index (χ2v) is 8.13. The molecule has 1 aliphatic rings. The Morgan fingerprint density at radius 2 is 2.13 bits per heavy atom. The molecule has 0 bridgehead atoms. The zero-order valence-electron chi connectivity index (χ0n) is 13.6. The van der Waals surface area contributed by atoms with Crippen LogP contribution in [0.3, 0.4) is 0 Å². The first-order valence-electron chi connectivity index (χ1n) is 8.08. The first-order valence-corrected chi connectivity index (χ1v) is 9.95. The lowest BCUT2D eigenvalue weighted by atomic mass is 10.0. The highest BCUT2D eigenvalue weighted by Crippen LogP contribution is 2.25. The van der Waals surface area contributed by atoms with Crippen molar-refractivity contribution in [3.05, 3.63) is 45.9 Å². The van der Waals surface area contributed by atoms with Gasteiger partial charge in [-0.15, -0.1) is 23.1 Å². The Labute approximate surface area is 146 Å². The molecule has 2 heterocycles. The summed E-state index contributed by atoms with van der Waals surface area (Å²) in [6, 6.07) is 8.37. The molecule has 0 N–H and O–H groups in total. The summed E-state index contributed by atoms with van der Waals surface area (Å²) >= 11 is 3.45. The molecule has 0 radical (unpaired) electrons. The average molecular weight is 347 g/mol. The predicted molar refractivity (Wildman–Crippen MR) is 97.2 cm³/mol. The van der Waals surface area contributed by atoms with Crippen LogP contribution >= 0.6 is 23.1 Å². The topological polar surface area (TPSA) is 33.2 Å². The zero-order chi connectivity index (χ0) is 16.2. The van der Waals surface area contributed by atoms with Crippen LogP contribution in [-0.4, -0.2) is 28.4 Å². The highest BCUT2D eigenvalue weighted by atomic mass is 32.2. The molecule has 1 unspecified atom stereocenters. The number of amides is 1. The standard InChI is InChI=1S/C18H22N2OS2/c1-13-5-3-4-10-20(13)18(21)15-6-8-17(9-7-15)23-12-16-11-22-14(2)19-16/h6-9,11,13H,3-5,10,12H2,1-2H3. The van der Waals surface area contributed by atoms with E-state index in [1.165, 1.54) is 11.3 Å². The minimum absolute atomic E-state index is 0.170. The summed E-state index contributed by atoms with van der Waals surface area (Å²) in [5.74, 6) is 1.05. The molecule has 23 heavy (non-hydrogen) atoms. The van der Waals surface area contributed by atoms with Crippen LogP contribution in [0.2, 0.25) is 0 Å². The summed E-state index contributed by atoms with van der Waals surface area (Å²) in [6.45, 7) is 5.07. The van der Waals surface area contributed by atoms with E-state index in [-0.39, 0.29) is 5.91 Å². The normalized spacial score (nSPS) is 18.2. The van der Waals surface area contributed by atoms with Gasteiger partial charge in [0.05, 0.1) is 10.7 Å². The van der Waals surface area contributed by atoms with E-state index in [2.05, 4.69) is 17.3 Å². The average Bonchev–Trinajstić information content (AvgIpc) is 2.99. The minimum Gasteiger partial charge on any atom is -0.336 e. The summed E-state index contributed by atoms with van der Waals surface area (Å²) in [6.07, 6.45) is 3.47. The maximum atomic E-state index is 12.6. The number of aromatic nitrogens is 1. The van der Waals surface area contributed by atoms with E-state index in [4.69, 9.17) is 0 Å². The van der Waals surface area contributed by atoms with Crippen LogP contribution in [0.1, 0.15) is 47.2 Å². The minimum atomic E-state index is 0.170. The number of hydrogen-bond donors (Lipinski definition) is 0. The number of hydrogen-bond acceptors (Lipinski definition) is 4. The molecule has 1 saturated heterocycles. The molecule has 0 aliphatic carbocycles. The van der Waals surface area contributed by atoms with Gasteiger partial charge in [0.15, 0.2) is 0 Å². The van der Waals surface area contributed by atoms with Crippen molar-refractivity contribution in [1.82, 2.24) is 9.88 Å². The van der Waals surface area contributed by atoms with E-state index >= 15 is 0 Å². The number of benzene rings is 1. The van der Waals surface area contributed by atoms with E-state index < -0.39 is 0 Å². The van der Waals surface area contributed by atoms with E-state index in [0.29, 0.717) is 6.04 Å². The van der Waals surface area contributed by atoms with Crippen molar-refractivity contribution in [3.63, 3.8) is 0 Å². The Morgan fingerprint density at radius 1 is 1.35 bits per heavy atom. The number of nitrogens with zero attached hydrogens (tertiary/aromatic N) is 2. The number of carbonyl (C=O) groups is 1. The number of aryl methyl sites for hydroxylation is 1. The lowest BCUT2D eigenvalue weighted by Crippen LogP contribution is -2.41. The van der Waals surface area contributed by atoms with Gasteiger partial charge in [-0.25, -0.2) is 4.98 Å². The molecule has 0 saturated carbocycles. The number of thioether (sulfide) groups is 1.